The molecule has 212 valence electrons. The predicted octanol–water partition coefficient (Wildman–Crippen LogP) is 4.57. The lowest BCUT2D eigenvalue weighted by atomic mass is 9.66. The standard InChI is InChI=1S/C29H44ClN3O5/c1-19(2)23(31-24(34)20-9-8-15-32(17-20)26(36)38-27(3,4)5)25(35)33-16-14-29(37,28(6,7)18-33)21-10-12-22(30)13-11-21/h10-13,19-20,23,37H,8-9,14-18H2,1-7H3,(H,31,34)/t20-,23-,29+/m1/s1. The maximum absolute atomic E-state index is 13.7. The molecule has 2 aliphatic heterocycles. The highest BCUT2D eigenvalue weighted by atomic mass is 35.5. The molecule has 2 aliphatic rings. The summed E-state index contributed by atoms with van der Waals surface area (Å²) in [5, 5.41) is 15.3. The topological polar surface area (TPSA) is 99.2 Å². The third-order valence-electron chi connectivity index (χ3n) is 7.76. The largest absolute Gasteiger partial charge is 0.444 e. The molecule has 0 radical (unpaired) electrons. The summed E-state index contributed by atoms with van der Waals surface area (Å²) in [6, 6.07) is 6.51. The average Bonchev–Trinajstić information content (AvgIpc) is 2.82. The van der Waals surface area contributed by atoms with E-state index < -0.39 is 34.7 Å². The van der Waals surface area contributed by atoms with Crippen LogP contribution in [0.2, 0.25) is 5.02 Å². The van der Waals surface area contributed by atoms with Gasteiger partial charge in [-0.05, 0) is 63.6 Å². The van der Waals surface area contributed by atoms with Crippen LogP contribution in [0.5, 0.6) is 0 Å². The van der Waals surface area contributed by atoms with Crippen molar-refractivity contribution < 1.29 is 24.2 Å². The van der Waals surface area contributed by atoms with Crippen molar-refractivity contribution in [1.29, 1.82) is 0 Å². The minimum atomic E-state index is -1.11. The number of likely N-dealkylation sites (tertiary alicyclic amines) is 2. The van der Waals surface area contributed by atoms with Crippen LogP contribution in [0.1, 0.15) is 73.3 Å². The smallest absolute Gasteiger partial charge is 0.410 e. The Balaban J connectivity index is 1.68. The first-order chi connectivity index (χ1) is 17.5. The Morgan fingerprint density at radius 1 is 1.11 bits per heavy atom. The molecular formula is C29H44ClN3O5. The summed E-state index contributed by atoms with van der Waals surface area (Å²) < 4.78 is 5.48. The van der Waals surface area contributed by atoms with Gasteiger partial charge in [0.1, 0.15) is 11.6 Å². The second-order valence-corrected chi connectivity index (χ2v) is 13.2. The van der Waals surface area contributed by atoms with Crippen LogP contribution in [-0.2, 0) is 19.9 Å². The van der Waals surface area contributed by atoms with Gasteiger partial charge in [0.25, 0.3) is 0 Å². The third kappa shape index (κ3) is 6.81. The van der Waals surface area contributed by atoms with Crippen molar-refractivity contribution in [3.8, 4) is 0 Å². The predicted molar refractivity (Wildman–Crippen MR) is 148 cm³/mol. The fourth-order valence-corrected chi connectivity index (χ4v) is 5.56. The molecule has 3 atom stereocenters. The summed E-state index contributed by atoms with van der Waals surface area (Å²) >= 11 is 6.05. The number of nitrogens with one attached hydrogen (secondary N) is 1. The van der Waals surface area contributed by atoms with Gasteiger partial charge in [-0.3, -0.25) is 9.59 Å². The van der Waals surface area contributed by atoms with Gasteiger partial charge in [-0.15, -0.1) is 0 Å². The summed E-state index contributed by atoms with van der Waals surface area (Å²) in [5.41, 5.74) is -1.57. The maximum Gasteiger partial charge on any atom is 0.410 e. The Morgan fingerprint density at radius 2 is 1.74 bits per heavy atom. The van der Waals surface area contributed by atoms with Gasteiger partial charge in [-0.25, -0.2) is 4.79 Å². The Labute approximate surface area is 232 Å². The quantitative estimate of drug-likeness (QED) is 0.560. The normalized spacial score (nSPS) is 24.6. The second-order valence-electron chi connectivity index (χ2n) is 12.8. The lowest BCUT2D eigenvalue weighted by molar-refractivity contribution is -0.157. The van der Waals surface area contributed by atoms with Crippen LogP contribution in [0, 0.1) is 17.3 Å². The van der Waals surface area contributed by atoms with Crippen molar-refractivity contribution in [1.82, 2.24) is 15.1 Å². The van der Waals surface area contributed by atoms with Crippen molar-refractivity contribution in [3.05, 3.63) is 34.9 Å². The molecule has 9 heteroatoms. The molecule has 0 aliphatic carbocycles. The van der Waals surface area contributed by atoms with E-state index >= 15 is 0 Å². The molecule has 0 saturated carbocycles. The van der Waals surface area contributed by atoms with E-state index in [1.165, 1.54) is 0 Å². The van der Waals surface area contributed by atoms with Crippen molar-refractivity contribution in [2.75, 3.05) is 26.2 Å². The number of rotatable bonds is 5. The number of benzene rings is 1. The Bertz CT molecular complexity index is 1020. The summed E-state index contributed by atoms with van der Waals surface area (Å²) in [6.07, 6.45) is 1.30. The molecule has 1 aromatic rings. The number of hydrogen-bond donors (Lipinski definition) is 2. The van der Waals surface area contributed by atoms with Gasteiger partial charge in [-0.1, -0.05) is 51.4 Å². The zero-order chi connectivity index (χ0) is 28.5. The third-order valence-corrected chi connectivity index (χ3v) is 8.01. The number of aliphatic hydroxyl groups is 1. The highest BCUT2D eigenvalue weighted by Crippen LogP contribution is 2.46. The fraction of sp³-hybridized carbons (Fsp3) is 0.690. The summed E-state index contributed by atoms with van der Waals surface area (Å²) in [7, 11) is 0. The van der Waals surface area contributed by atoms with Crippen LogP contribution in [0.25, 0.3) is 0 Å². The van der Waals surface area contributed by atoms with Gasteiger partial charge in [0, 0.05) is 36.6 Å². The molecule has 3 amide bonds. The fourth-order valence-electron chi connectivity index (χ4n) is 5.44. The Morgan fingerprint density at radius 3 is 2.29 bits per heavy atom. The number of nitrogens with zero attached hydrogens (tertiary/aromatic N) is 2. The number of halogens is 1. The van der Waals surface area contributed by atoms with Crippen LogP contribution in [0.15, 0.2) is 24.3 Å². The molecule has 1 aromatic carbocycles. The van der Waals surface area contributed by atoms with E-state index in [9.17, 15) is 19.5 Å². The van der Waals surface area contributed by atoms with Crippen LogP contribution in [-0.4, -0.2) is 70.6 Å². The van der Waals surface area contributed by atoms with Gasteiger partial charge in [0.05, 0.1) is 11.5 Å². The number of amides is 3. The average molecular weight is 550 g/mol. The van der Waals surface area contributed by atoms with E-state index in [1.54, 1.807) is 21.9 Å². The van der Waals surface area contributed by atoms with Crippen LogP contribution < -0.4 is 5.32 Å². The molecule has 2 fully saturated rings. The van der Waals surface area contributed by atoms with Crippen molar-refractivity contribution in [2.24, 2.45) is 17.3 Å². The minimum absolute atomic E-state index is 0.128. The highest BCUT2D eigenvalue weighted by Gasteiger charge is 2.50. The van der Waals surface area contributed by atoms with E-state index in [4.69, 9.17) is 16.3 Å². The monoisotopic (exact) mass is 549 g/mol. The van der Waals surface area contributed by atoms with Crippen LogP contribution >= 0.6 is 11.6 Å². The van der Waals surface area contributed by atoms with Gasteiger partial charge >= 0.3 is 6.09 Å². The van der Waals surface area contributed by atoms with Gasteiger partial charge < -0.3 is 25.0 Å². The molecule has 38 heavy (non-hydrogen) atoms. The lowest BCUT2D eigenvalue weighted by Crippen LogP contribution is -2.61. The second kappa shape index (κ2) is 11.4. The molecule has 3 rings (SSSR count). The first kappa shape index (κ1) is 30.2. The van der Waals surface area contributed by atoms with Crippen molar-refractivity contribution in [2.45, 2.75) is 85.0 Å². The highest BCUT2D eigenvalue weighted by molar-refractivity contribution is 6.30. The first-order valence-corrected chi connectivity index (χ1v) is 14.0. The lowest BCUT2D eigenvalue weighted by Gasteiger charge is -2.51. The molecular weight excluding hydrogens is 506 g/mol. The summed E-state index contributed by atoms with van der Waals surface area (Å²) in [5.74, 6) is -0.908. The molecule has 0 spiro atoms. The van der Waals surface area contributed by atoms with Crippen molar-refractivity contribution in [3.63, 3.8) is 0 Å². The van der Waals surface area contributed by atoms with Crippen LogP contribution in [0.3, 0.4) is 0 Å². The zero-order valence-corrected chi connectivity index (χ0v) is 24.6. The van der Waals surface area contributed by atoms with E-state index in [0.717, 1.165) is 5.56 Å². The van der Waals surface area contributed by atoms with E-state index in [2.05, 4.69) is 5.32 Å². The van der Waals surface area contributed by atoms with Crippen molar-refractivity contribution >= 4 is 29.5 Å². The molecule has 2 N–H and O–H groups in total. The summed E-state index contributed by atoms with van der Waals surface area (Å²) in [4.78, 5) is 42.9. The maximum atomic E-state index is 13.7. The SMILES string of the molecule is CC(C)[C@@H](NC(=O)[C@@H]1CCCN(C(=O)OC(C)(C)C)C1)C(=O)N1CC[C@](O)(c2ccc(Cl)cc2)C(C)(C)C1. The first-order valence-electron chi connectivity index (χ1n) is 13.6. The molecule has 0 unspecified atom stereocenters. The molecule has 0 aromatic heterocycles. The van der Waals surface area contributed by atoms with E-state index in [-0.39, 0.29) is 24.3 Å². The molecule has 2 heterocycles. The Kier molecular flexibility index (Phi) is 9.09. The summed E-state index contributed by atoms with van der Waals surface area (Å²) in [6.45, 7) is 14.7. The number of carbonyl (C=O) groups is 3. The van der Waals surface area contributed by atoms with Crippen LogP contribution in [0.4, 0.5) is 4.79 Å². The van der Waals surface area contributed by atoms with Gasteiger partial charge in [-0.2, -0.15) is 0 Å². The van der Waals surface area contributed by atoms with E-state index in [0.29, 0.717) is 43.9 Å². The molecule has 2 saturated heterocycles. The minimum Gasteiger partial charge on any atom is -0.444 e. The number of hydrogen-bond acceptors (Lipinski definition) is 5. The number of piperidine rings is 2. The molecule has 8 nitrogen and oxygen atoms in total. The van der Waals surface area contributed by atoms with Gasteiger partial charge in [0.2, 0.25) is 11.8 Å². The van der Waals surface area contributed by atoms with Gasteiger partial charge in [0.15, 0.2) is 0 Å². The number of carbonyl (C=O) groups excluding carboxylic acids is 3. The Hall–Kier alpha value is -2.32. The number of ether oxygens (including phenoxy) is 1. The zero-order valence-electron chi connectivity index (χ0n) is 23.8. The molecule has 0 bridgehead atoms. The van der Waals surface area contributed by atoms with E-state index in [1.807, 2.05) is 60.6 Å².